The third-order valence-electron chi connectivity index (χ3n) is 1.30. The van der Waals surface area contributed by atoms with Gasteiger partial charge in [0.1, 0.15) is 6.17 Å². The summed E-state index contributed by atoms with van der Waals surface area (Å²) in [5.41, 5.74) is 0. The van der Waals surface area contributed by atoms with Crippen LogP contribution < -0.4 is 10.4 Å². The molecule has 0 aromatic heterocycles. The molecule has 0 amide bonds. The van der Waals surface area contributed by atoms with Crippen molar-refractivity contribution in [1.29, 1.82) is 0 Å². The Kier molecular flexibility index (Phi) is 1.27. The van der Waals surface area contributed by atoms with Gasteiger partial charge >= 0.3 is 0 Å². The summed E-state index contributed by atoms with van der Waals surface area (Å²) in [5.74, 6) is 0. The molecule has 1 aliphatic heterocycles. The molecule has 0 bridgehead atoms. The summed E-state index contributed by atoms with van der Waals surface area (Å²) in [6.07, 6.45) is 0.125. The van der Waals surface area contributed by atoms with Gasteiger partial charge in [-0.1, -0.05) is 0 Å². The summed E-state index contributed by atoms with van der Waals surface area (Å²) in [7, 11) is 0. The van der Waals surface area contributed by atoms with Gasteiger partial charge in [0.05, 0.1) is 13.1 Å². The molecule has 0 radical (unpaired) electrons. The smallest absolute Gasteiger partial charge is 0.138 e. The summed E-state index contributed by atoms with van der Waals surface area (Å²) >= 11 is 0. The molecule has 2 unspecified atom stereocenters. The highest BCUT2D eigenvalue weighted by molar-refractivity contribution is 4.53. The van der Waals surface area contributed by atoms with Crippen LogP contribution in [0.2, 0.25) is 0 Å². The van der Waals surface area contributed by atoms with Gasteiger partial charge in [-0.15, -0.1) is 0 Å². The lowest BCUT2D eigenvalue weighted by Gasteiger charge is -2.18. The van der Waals surface area contributed by atoms with Crippen LogP contribution in [-0.2, 0) is 0 Å². The highest BCUT2D eigenvalue weighted by atomic mass is 16.5. The fourth-order valence-corrected chi connectivity index (χ4v) is 0.742. The normalized spacial score (nSPS) is 42.0. The molecule has 1 fully saturated rings. The summed E-state index contributed by atoms with van der Waals surface area (Å²) in [6, 6.07) is 0. The Morgan fingerprint density at radius 3 is 2.71 bits per heavy atom. The zero-order valence-electron chi connectivity index (χ0n) is 4.40. The van der Waals surface area contributed by atoms with E-state index in [4.69, 9.17) is 0 Å². The molecular formula is C4H10N2O. The topological polar surface area (TPSA) is 39.5 Å². The molecule has 1 heterocycles. The van der Waals surface area contributed by atoms with Crippen LogP contribution in [0.25, 0.3) is 0 Å². The van der Waals surface area contributed by atoms with Crippen LogP contribution in [0.3, 0.4) is 0 Å². The van der Waals surface area contributed by atoms with Crippen LogP contribution in [0.5, 0.6) is 0 Å². The zero-order valence-corrected chi connectivity index (χ0v) is 4.40. The Balaban J connectivity index is 2.33. The predicted molar refractivity (Wildman–Crippen MR) is 26.7 cm³/mol. The molecule has 2 atom stereocenters. The number of quaternary nitrogens is 1. The van der Waals surface area contributed by atoms with E-state index < -0.39 is 0 Å². The van der Waals surface area contributed by atoms with Crippen molar-refractivity contribution < 1.29 is 5.06 Å². The van der Waals surface area contributed by atoms with E-state index in [0.29, 0.717) is 5.06 Å². The van der Waals surface area contributed by atoms with Gasteiger partial charge in [-0.05, 0) is 0 Å². The van der Waals surface area contributed by atoms with Crippen LogP contribution in [0.15, 0.2) is 0 Å². The maximum absolute atomic E-state index is 10.5. The zero-order chi connectivity index (χ0) is 5.28. The number of nitrogens with one attached hydrogen (secondary N) is 2. The SMILES string of the molecule is CC1NCC[NH+]1[O-]. The summed E-state index contributed by atoms with van der Waals surface area (Å²) in [4.78, 5) is 0. The number of hydrogen-bond donors (Lipinski definition) is 2. The predicted octanol–water partition coefficient (Wildman–Crippen LogP) is -1.68. The maximum Gasteiger partial charge on any atom is 0.138 e. The Hall–Kier alpha value is -0.120. The van der Waals surface area contributed by atoms with Crippen molar-refractivity contribution in [2.45, 2.75) is 13.1 Å². The van der Waals surface area contributed by atoms with E-state index in [-0.39, 0.29) is 6.17 Å². The molecule has 0 aromatic carbocycles. The van der Waals surface area contributed by atoms with Crippen molar-refractivity contribution in [3.05, 3.63) is 5.21 Å². The van der Waals surface area contributed by atoms with Gasteiger partial charge in [-0.25, -0.2) is 0 Å². The van der Waals surface area contributed by atoms with Gasteiger partial charge in [0.15, 0.2) is 0 Å². The van der Waals surface area contributed by atoms with Crippen molar-refractivity contribution in [2.75, 3.05) is 13.1 Å². The van der Waals surface area contributed by atoms with E-state index in [1.54, 1.807) is 0 Å². The lowest BCUT2D eigenvalue weighted by molar-refractivity contribution is -0.859. The quantitative estimate of drug-likeness (QED) is 0.358. The van der Waals surface area contributed by atoms with Crippen LogP contribution in [0.1, 0.15) is 6.92 Å². The van der Waals surface area contributed by atoms with Gasteiger partial charge in [-0.3, -0.25) is 5.32 Å². The third kappa shape index (κ3) is 0.907. The number of hydrogen-bond acceptors (Lipinski definition) is 2. The van der Waals surface area contributed by atoms with E-state index in [1.807, 2.05) is 6.92 Å². The van der Waals surface area contributed by atoms with E-state index in [2.05, 4.69) is 5.32 Å². The van der Waals surface area contributed by atoms with Crippen LogP contribution in [0.4, 0.5) is 0 Å². The molecule has 2 N–H and O–H groups in total. The molecule has 1 aliphatic rings. The average Bonchev–Trinajstić information content (AvgIpc) is 1.91. The minimum atomic E-state index is 0.125. The molecule has 42 valence electrons. The maximum atomic E-state index is 10.5. The van der Waals surface area contributed by atoms with Gasteiger partial charge < -0.3 is 10.3 Å². The second-order valence-corrected chi connectivity index (χ2v) is 1.89. The third-order valence-corrected chi connectivity index (χ3v) is 1.30. The van der Waals surface area contributed by atoms with Crippen LogP contribution >= 0.6 is 0 Å². The largest absolute Gasteiger partial charge is 0.633 e. The molecule has 0 aliphatic carbocycles. The molecule has 1 saturated heterocycles. The van der Waals surface area contributed by atoms with E-state index >= 15 is 0 Å². The molecule has 1 rings (SSSR count). The number of rotatable bonds is 0. The molecule has 7 heavy (non-hydrogen) atoms. The minimum absolute atomic E-state index is 0.125. The highest BCUT2D eigenvalue weighted by Crippen LogP contribution is 1.70. The van der Waals surface area contributed by atoms with Crippen LogP contribution in [-0.4, -0.2) is 19.3 Å². The van der Waals surface area contributed by atoms with Crippen molar-refractivity contribution in [3.8, 4) is 0 Å². The fourth-order valence-electron chi connectivity index (χ4n) is 0.742. The molecule has 3 heteroatoms. The van der Waals surface area contributed by atoms with E-state index in [0.717, 1.165) is 13.1 Å². The molecular weight excluding hydrogens is 92.1 g/mol. The van der Waals surface area contributed by atoms with Gasteiger partial charge in [0.2, 0.25) is 0 Å². The minimum Gasteiger partial charge on any atom is -0.633 e. The van der Waals surface area contributed by atoms with Crippen LogP contribution in [0, 0.1) is 5.21 Å². The monoisotopic (exact) mass is 102 g/mol. The van der Waals surface area contributed by atoms with Gasteiger partial charge in [0.25, 0.3) is 0 Å². The summed E-state index contributed by atoms with van der Waals surface area (Å²) in [6.45, 7) is 3.50. The molecule has 0 saturated carbocycles. The lowest BCUT2D eigenvalue weighted by atomic mass is 10.6. The Bertz CT molecular complexity index is 58.7. The second kappa shape index (κ2) is 1.78. The van der Waals surface area contributed by atoms with E-state index in [1.165, 1.54) is 0 Å². The summed E-state index contributed by atoms with van der Waals surface area (Å²) < 4.78 is 0. The van der Waals surface area contributed by atoms with Crippen molar-refractivity contribution in [1.82, 2.24) is 5.32 Å². The second-order valence-electron chi connectivity index (χ2n) is 1.89. The fraction of sp³-hybridized carbons (Fsp3) is 1.00. The molecule has 0 spiro atoms. The molecule has 3 nitrogen and oxygen atoms in total. The van der Waals surface area contributed by atoms with Crippen molar-refractivity contribution in [2.24, 2.45) is 0 Å². The first-order chi connectivity index (χ1) is 3.30. The Morgan fingerprint density at radius 2 is 2.57 bits per heavy atom. The van der Waals surface area contributed by atoms with Crippen molar-refractivity contribution in [3.63, 3.8) is 0 Å². The summed E-state index contributed by atoms with van der Waals surface area (Å²) in [5, 5.41) is 13.9. The highest BCUT2D eigenvalue weighted by Gasteiger charge is 2.14. The first-order valence-corrected chi connectivity index (χ1v) is 2.57. The Labute approximate surface area is 42.9 Å². The first kappa shape index (κ1) is 5.03. The molecule has 0 aromatic rings. The first-order valence-electron chi connectivity index (χ1n) is 2.57. The average molecular weight is 102 g/mol. The van der Waals surface area contributed by atoms with Gasteiger partial charge in [-0.2, -0.15) is 0 Å². The Morgan fingerprint density at radius 1 is 1.86 bits per heavy atom. The lowest BCUT2D eigenvalue weighted by Crippen LogP contribution is -3.09. The standard InChI is InChI=1S/C4H10N2O/c1-4-5-2-3-6(4)7/h4-6H,2-3H2,1H3. The van der Waals surface area contributed by atoms with E-state index in [9.17, 15) is 5.21 Å². The van der Waals surface area contributed by atoms with Gasteiger partial charge in [0, 0.05) is 6.92 Å². The number of hydroxylamine groups is 2. The van der Waals surface area contributed by atoms with Crippen molar-refractivity contribution >= 4 is 0 Å².